The van der Waals surface area contributed by atoms with Gasteiger partial charge in [-0.1, -0.05) is 63.3 Å². The number of nitrogens with one attached hydrogen (secondary N) is 1. The highest BCUT2D eigenvalue weighted by molar-refractivity contribution is 9.10. The van der Waals surface area contributed by atoms with Gasteiger partial charge in [-0.05, 0) is 30.7 Å². The van der Waals surface area contributed by atoms with Crippen LogP contribution in [0.25, 0.3) is 0 Å². The first-order valence-corrected chi connectivity index (χ1v) is 10.5. The van der Waals surface area contributed by atoms with Crippen LogP contribution in [0.2, 0.25) is 0 Å². The van der Waals surface area contributed by atoms with Crippen molar-refractivity contribution in [3.63, 3.8) is 0 Å². The zero-order valence-corrected chi connectivity index (χ0v) is 16.8. The summed E-state index contributed by atoms with van der Waals surface area (Å²) in [6.45, 7) is 0. The van der Waals surface area contributed by atoms with Gasteiger partial charge in [0.05, 0.1) is 5.69 Å². The summed E-state index contributed by atoms with van der Waals surface area (Å²) in [5.41, 5.74) is 1.10. The minimum Gasteiger partial charge on any atom is -0.328 e. The number of nitrogens with zero attached hydrogens (tertiary/aromatic N) is 2. The van der Waals surface area contributed by atoms with Crippen LogP contribution < -0.4 is 5.32 Å². The molecule has 3 aromatic rings. The number of hydrogen-bond acceptors (Lipinski definition) is 6. The first-order valence-electron chi connectivity index (χ1n) is 7.88. The minimum absolute atomic E-state index is 0.136. The molecule has 0 unspecified atom stereocenters. The van der Waals surface area contributed by atoms with Crippen LogP contribution in [0.5, 0.6) is 0 Å². The number of Topliss-reactive ketones (excluding diaryl/α,β-unsaturated/α-hetero) is 1. The maximum atomic E-state index is 13.6. The van der Waals surface area contributed by atoms with Gasteiger partial charge in [0.15, 0.2) is 10.1 Å². The average molecular weight is 452 g/mol. The monoisotopic (exact) mass is 451 g/mol. The molecule has 0 aliphatic carbocycles. The number of aromatic nitrogens is 2. The Hall–Kier alpha value is -1.77. The summed E-state index contributed by atoms with van der Waals surface area (Å²) in [6.07, 6.45) is 1.25. The number of halogens is 2. The fourth-order valence-electron chi connectivity index (χ4n) is 2.17. The summed E-state index contributed by atoms with van der Waals surface area (Å²) in [4.78, 5) is 12.1. The van der Waals surface area contributed by atoms with Gasteiger partial charge >= 0.3 is 0 Å². The van der Waals surface area contributed by atoms with Gasteiger partial charge < -0.3 is 5.32 Å². The Balaban J connectivity index is 1.44. The van der Waals surface area contributed by atoms with Crippen LogP contribution in [0.3, 0.4) is 0 Å². The van der Waals surface area contributed by atoms with E-state index < -0.39 is 0 Å². The highest BCUT2D eigenvalue weighted by Crippen LogP contribution is 2.29. The fraction of sp³-hybridized carbons (Fsp3) is 0.167. The SMILES string of the molecule is O=C(CCCSc1nnc(Nc2ccccc2F)s1)c1ccc(Br)cc1. The summed E-state index contributed by atoms with van der Waals surface area (Å²) < 4.78 is 15.4. The number of ketones is 1. The summed E-state index contributed by atoms with van der Waals surface area (Å²) in [7, 11) is 0. The molecule has 0 saturated heterocycles. The molecule has 8 heteroatoms. The van der Waals surface area contributed by atoms with E-state index in [-0.39, 0.29) is 11.6 Å². The van der Waals surface area contributed by atoms with E-state index in [2.05, 4.69) is 31.4 Å². The summed E-state index contributed by atoms with van der Waals surface area (Å²) >= 11 is 6.27. The Bertz CT molecular complexity index is 886. The molecule has 0 radical (unpaired) electrons. The third-order valence-electron chi connectivity index (χ3n) is 3.46. The van der Waals surface area contributed by atoms with Gasteiger partial charge in [-0.15, -0.1) is 10.2 Å². The van der Waals surface area contributed by atoms with Crippen molar-refractivity contribution in [3.8, 4) is 0 Å². The second-order valence-electron chi connectivity index (χ2n) is 5.36. The van der Waals surface area contributed by atoms with Gasteiger partial charge in [0.2, 0.25) is 5.13 Å². The van der Waals surface area contributed by atoms with Crippen molar-refractivity contribution in [2.24, 2.45) is 0 Å². The summed E-state index contributed by atoms with van der Waals surface area (Å²) in [5, 5.41) is 11.6. The Morgan fingerprint density at radius 2 is 1.92 bits per heavy atom. The van der Waals surface area contributed by atoms with E-state index in [1.807, 2.05) is 24.3 Å². The molecule has 134 valence electrons. The third kappa shape index (κ3) is 5.36. The van der Waals surface area contributed by atoms with Gasteiger partial charge in [0.1, 0.15) is 5.82 Å². The van der Waals surface area contributed by atoms with Gasteiger partial charge in [0.25, 0.3) is 0 Å². The fourth-order valence-corrected chi connectivity index (χ4v) is 4.21. The molecule has 1 aromatic heterocycles. The number of para-hydroxylation sites is 1. The molecule has 0 saturated carbocycles. The maximum absolute atomic E-state index is 13.6. The summed E-state index contributed by atoms with van der Waals surface area (Å²) in [5.74, 6) is 0.581. The Kier molecular flexibility index (Phi) is 6.76. The molecule has 0 amide bonds. The molecule has 0 aliphatic heterocycles. The normalized spacial score (nSPS) is 10.7. The molecule has 0 fully saturated rings. The van der Waals surface area contributed by atoms with Crippen LogP contribution in [0.4, 0.5) is 15.2 Å². The highest BCUT2D eigenvalue weighted by Gasteiger charge is 2.09. The predicted octanol–water partition coefficient (Wildman–Crippen LogP) is 5.94. The summed E-state index contributed by atoms with van der Waals surface area (Å²) in [6, 6.07) is 13.8. The Morgan fingerprint density at radius 3 is 2.69 bits per heavy atom. The van der Waals surface area contributed by atoms with Crippen molar-refractivity contribution in [1.29, 1.82) is 0 Å². The van der Waals surface area contributed by atoms with Crippen molar-refractivity contribution < 1.29 is 9.18 Å². The molecule has 4 nitrogen and oxygen atoms in total. The lowest BCUT2D eigenvalue weighted by Gasteiger charge is -2.02. The molecular weight excluding hydrogens is 437 g/mol. The average Bonchev–Trinajstić information content (AvgIpc) is 3.08. The van der Waals surface area contributed by atoms with E-state index in [0.717, 1.165) is 26.5 Å². The minimum atomic E-state index is -0.330. The predicted molar refractivity (Wildman–Crippen MR) is 108 cm³/mol. The second-order valence-corrected chi connectivity index (χ2v) is 8.60. The molecule has 0 bridgehead atoms. The van der Waals surface area contributed by atoms with Crippen LogP contribution in [0.15, 0.2) is 57.3 Å². The van der Waals surface area contributed by atoms with E-state index in [1.165, 1.54) is 17.4 Å². The standard InChI is InChI=1S/C18H15BrFN3OS2/c19-13-9-7-12(8-10-13)16(24)6-3-11-25-18-23-22-17(26-18)21-15-5-2-1-4-14(15)20/h1-2,4-5,7-10H,3,6,11H2,(H,21,22). The lowest BCUT2D eigenvalue weighted by atomic mass is 10.1. The largest absolute Gasteiger partial charge is 0.328 e. The van der Waals surface area contributed by atoms with E-state index >= 15 is 0 Å². The maximum Gasteiger partial charge on any atom is 0.210 e. The van der Waals surface area contributed by atoms with Gasteiger partial charge in [-0.2, -0.15) is 0 Å². The lowest BCUT2D eigenvalue weighted by molar-refractivity contribution is 0.0982. The van der Waals surface area contributed by atoms with Crippen molar-refractivity contribution in [1.82, 2.24) is 10.2 Å². The Labute approximate surface area is 167 Å². The number of carbonyl (C=O) groups excluding carboxylic acids is 1. The quantitative estimate of drug-likeness (QED) is 0.261. The smallest absolute Gasteiger partial charge is 0.210 e. The number of hydrogen-bond donors (Lipinski definition) is 1. The molecule has 1 heterocycles. The van der Waals surface area contributed by atoms with E-state index in [4.69, 9.17) is 0 Å². The van der Waals surface area contributed by atoms with Gasteiger partial charge in [0, 0.05) is 22.2 Å². The van der Waals surface area contributed by atoms with E-state index in [0.29, 0.717) is 17.2 Å². The number of benzene rings is 2. The number of rotatable bonds is 8. The molecule has 0 atom stereocenters. The number of thioether (sulfide) groups is 1. The molecule has 0 aliphatic rings. The first-order chi connectivity index (χ1) is 12.6. The van der Waals surface area contributed by atoms with Gasteiger partial charge in [-0.25, -0.2) is 4.39 Å². The van der Waals surface area contributed by atoms with Gasteiger partial charge in [-0.3, -0.25) is 4.79 Å². The third-order valence-corrected chi connectivity index (χ3v) is 6.05. The number of anilines is 2. The first kappa shape index (κ1) is 19.0. The molecule has 0 spiro atoms. The second kappa shape index (κ2) is 9.25. The van der Waals surface area contributed by atoms with Crippen LogP contribution in [-0.4, -0.2) is 21.7 Å². The lowest BCUT2D eigenvalue weighted by Crippen LogP contribution is -1.99. The van der Waals surface area contributed by atoms with Crippen LogP contribution in [-0.2, 0) is 0 Å². The molecule has 3 rings (SSSR count). The number of carbonyl (C=O) groups is 1. The van der Waals surface area contributed by atoms with Crippen molar-refractivity contribution in [3.05, 3.63) is 64.4 Å². The van der Waals surface area contributed by atoms with Crippen LogP contribution >= 0.6 is 39.0 Å². The zero-order chi connectivity index (χ0) is 18.4. The topological polar surface area (TPSA) is 54.9 Å². The highest BCUT2D eigenvalue weighted by atomic mass is 79.9. The van der Waals surface area contributed by atoms with E-state index in [9.17, 15) is 9.18 Å². The van der Waals surface area contributed by atoms with Crippen molar-refractivity contribution >= 4 is 55.6 Å². The van der Waals surface area contributed by atoms with Crippen molar-refractivity contribution in [2.75, 3.05) is 11.1 Å². The van der Waals surface area contributed by atoms with Crippen LogP contribution in [0, 0.1) is 5.82 Å². The molecule has 2 aromatic carbocycles. The van der Waals surface area contributed by atoms with Crippen molar-refractivity contribution in [2.45, 2.75) is 17.2 Å². The molecule has 1 N–H and O–H groups in total. The molecular formula is C18H15BrFN3OS2. The Morgan fingerprint density at radius 1 is 1.15 bits per heavy atom. The zero-order valence-electron chi connectivity index (χ0n) is 13.6. The van der Waals surface area contributed by atoms with Crippen LogP contribution in [0.1, 0.15) is 23.2 Å². The molecule has 26 heavy (non-hydrogen) atoms. The van der Waals surface area contributed by atoms with E-state index in [1.54, 1.807) is 30.0 Å².